The van der Waals surface area contributed by atoms with Crippen molar-refractivity contribution in [2.75, 3.05) is 12.0 Å². The minimum Gasteiger partial charge on any atom is -0.346 e. The van der Waals surface area contributed by atoms with Crippen LogP contribution in [0, 0.1) is 0 Å². The second-order valence-electron chi connectivity index (χ2n) is 2.02. The van der Waals surface area contributed by atoms with Gasteiger partial charge in [-0.3, -0.25) is 4.18 Å². The summed E-state index contributed by atoms with van der Waals surface area (Å²) in [6.45, 7) is -0.147. The van der Waals surface area contributed by atoms with Gasteiger partial charge < -0.3 is 5.32 Å². The molecule has 1 aromatic heterocycles. The highest BCUT2D eigenvalue weighted by atomic mass is 35.5. The van der Waals surface area contributed by atoms with Crippen molar-refractivity contribution in [3.05, 3.63) is 23.4 Å². The quantitative estimate of drug-likeness (QED) is 0.445. The summed E-state index contributed by atoms with van der Waals surface area (Å²) in [7, 11) is -2.83. The number of hydrogen-bond donors (Lipinski definition) is 2. The van der Waals surface area contributed by atoms with E-state index in [1.54, 1.807) is 18.2 Å². The molecule has 0 saturated heterocycles. The normalized spacial score (nSPS) is 10.3. The molecule has 7 heteroatoms. The molecular formula is C6H7ClN2O3S. The van der Waals surface area contributed by atoms with Crippen LogP contribution in [0.4, 0.5) is 5.82 Å². The van der Waals surface area contributed by atoms with E-state index in [0.717, 1.165) is 0 Å². The lowest BCUT2D eigenvalue weighted by molar-refractivity contribution is 0.360. The van der Waals surface area contributed by atoms with Gasteiger partial charge >= 0.3 is 0 Å². The maximum Gasteiger partial charge on any atom is 0.258 e. The molecule has 0 amide bonds. The van der Waals surface area contributed by atoms with Gasteiger partial charge in [-0.25, -0.2) is 13.4 Å². The largest absolute Gasteiger partial charge is 0.346 e. The van der Waals surface area contributed by atoms with Gasteiger partial charge in [-0.05, 0) is 12.1 Å². The van der Waals surface area contributed by atoms with Gasteiger partial charge in [-0.1, -0.05) is 17.7 Å². The van der Waals surface area contributed by atoms with E-state index < -0.39 is 11.0 Å². The maximum atomic E-state index is 9.98. The molecule has 0 aliphatic heterocycles. The first kappa shape index (κ1) is 10.2. The van der Waals surface area contributed by atoms with E-state index in [4.69, 9.17) is 11.6 Å². The first-order valence-electron chi connectivity index (χ1n) is 3.32. The molecule has 13 heavy (non-hydrogen) atoms. The van der Waals surface area contributed by atoms with Crippen LogP contribution < -0.4 is 5.32 Å². The Balaban J connectivity index is 2.45. The third kappa shape index (κ3) is 4.07. The number of nitrogens with zero attached hydrogens (tertiary/aromatic N) is 1. The van der Waals surface area contributed by atoms with Crippen molar-refractivity contribution in [3.8, 4) is 0 Å². The van der Waals surface area contributed by atoms with Gasteiger partial charge in [-0.15, -0.1) is 0 Å². The Morgan fingerprint density at radius 3 is 2.92 bits per heavy atom. The summed E-state index contributed by atoms with van der Waals surface area (Å²) in [6, 6.07) is 4.95. The third-order valence-corrected chi connectivity index (χ3v) is 1.69. The second-order valence-corrected chi connectivity index (χ2v) is 3.11. The number of pyridine rings is 1. The molecule has 1 rings (SSSR count). The van der Waals surface area contributed by atoms with Crippen LogP contribution in [0.3, 0.4) is 0 Å². The van der Waals surface area contributed by atoms with Crippen LogP contribution in [0.25, 0.3) is 0 Å². The maximum absolute atomic E-state index is 9.98. The van der Waals surface area contributed by atoms with E-state index in [1.807, 2.05) is 0 Å². The topological polar surface area (TPSA) is 68.3 Å². The molecule has 5 nitrogen and oxygen atoms in total. The predicted octanol–water partition coefficient (Wildman–Crippen LogP) is 0.647. The van der Waals surface area contributed by atoms with Crippen LogP contribution in [0.5, 0.6) is 0 Å². The summed E-state index contributed by atoms with van der Waals surface area (Å²) in [5.41, 5.74) is 0. The summed E-state index contributed by atoms with van der Waals surface area (Å²) in [5.74, 6) is 0.462. The van der Waals surface area contributed by atoms with E-state index in [-0.39, 0.29) is 6.73 Å². The first-order chi connectivity index (χ1) is 6.18. The van der Waals surface area contributed by atoms with Gasteiger partial charge in [0.25, 0.3) is 11.0 Å². The first-order valence-corrected chi connectivity index (χ1v) is 4.79. The minimum atomic E-state index is -2.83. The zero-order valence-electron chi connectivity index (χ0n) is 6.44. The monoisotopic (exact) mass is 222 g/mol. The Bertz CT molecular complexity index is 347. The number of thiol groups is 1. The molecular weight excluding hydrogens is 216 g/mol. The Hall–Kier alpha value is -0.850. The highest BCUT2D eigenvalue weighted by Crippen LogP contribution is 2.08. The molecule has 1 N–H and O–H groups in total. The fraction of sp³-hybridized carbons (Fsp3) is 0.167. The number of nitrogens with one attached hydrogen (secondary N) is 1. The molecule has 0 fully saturated rings. The van der Waals surface area contributed by atoms with Gasteiger partial charge in [0.05, 0.1) is 0 Å². The molecule has 0 aromatic carbocycles. The Morgan fingerprint density at radius 2 is 2.31 bits per heavy atom. The Labute approximate surface area is 81.8 Å². The lowest BCUT2D eigenvalue weighted by Crippen LogP contribution is -2.06. The van der Waals surface area contributed by atoms with Gasteiger partial charge in [0.1, 0.15) is 17.7 Å². The number of aromatic nitrogens is 1. The molecule has 0 aliphatic carbocycles. The minimum absolute atomic E-state index is 0.147. The Morgan fingerprint density at radius 1 is 1.54 bits per heavy atom. The summed E-state index contributed by atoms with van der Waals surface area (Å²) < 4.78 is 24.2. The molecule has 0 radical (unpaired) electrons. The smallest absolute Gasteiger partial charge is 0.258 e. The Kier molecular flexibility index (Phi) is 3.94. The highest BCUT2D eigenvalue weighted by Gasteiger charge is 1.93. The fourth-order valence-corrected chi connectivity index (χ4v) is 0.999. The molecule has 0 bridgehead atoms. The molecule has 0 atom stereocenters. The SMILES string of the molecule is O=[SH](=O)OCNc1cccc(Cl)n1. The average molecular weight is 223 g/mol. The lowest BCUT2D eigenvalue weighted by atomic mass is 10.5. The average Bonchev–Trinajstić information content (AvgIpc) is 2.03. The zero-order chi connectivity index (χ0) is 9.68. The van der Waals surface area contributed by atoms with Crippen molar-refractivity contribution < 1.29 is 12.6 Å². The second kappa shape index (κ2) is 5.00. The molecule has 0 saturated carbocycles. The molecule has 0 aliphatic rings. The van der Waals surface area contributed by atoms with Crippen LogP contribution in [-0.2, 0) is 15.2 Å². The van der Waals surface area contributed by atoms with Crippen LogP contribution in [0.1, 0.15) is 0 Å². The van der Waals surface area contributed by atoms with Crippen molar-refractivity contribution in [3.63, 3.8) is 0 Å². The molecule has 72 valence electrons. The lowest BCUT2D eigenvalue weighted by Gasteiger charge is -2.01. The molecule has 1 aromatic rings. The molecule has 0 spiro atoms. The fourth-order valence-electron chi connectivity index (χ4n) is 0.666. The van der Waals surface area contributed by atoms with E-state index in [1.165, 1.54) is 0 Å². The summed E-state index contributed by atoms with van der Waals surface area (Å²) in [4.78, 5) is 3.85. The van der Waals surface area contributed by atoms with Crippen LogP contribution >= 0.6 is 11.6 Å². The van der Waals surface area contributed by atoms with Gasteiger partial charge in [0.2, 0.25) is 0 Å². The van der Waals surface area contributed by atoms with E-state index in [2.05, 4.69) is 14.5 Å². The van der Waals surface area contributed by atoms with Gasteiger partial charge in [0.15, 0.2) is 0 Å². The third-order valence-electron chi connectivity index (χ3n) is 1.14. The van der Waals surface area contributed by atoms with Crippen molar-refractivity contribution >= 4 is 28.4 Å². The van der Waals surface area contributed by atoms with Crippen molar-refractivity contribution in [1.82, 2.24) is 4.98 Å². The molecule has 1 heterocycles. The van der Waals surface area contributed by atoms with Crippen LogP contribution in [0.15, 0.2) is 18.2 Å². The number of hydrogen-bond acceptors (Lipinski definition) is 5. The van der Waals surface area contributed by atoms with Crippen molar-refractivity contribution in [2.24, 2.45) is 0 Å². The highest BCUT2D eigenvalue weighted by molar-refractivity contribution is 7.67. The van der Waals surface area contributed by atoms with E-state index in [0.29, 0.717) is 11.0 Å². The number of halogens is 1. The van der Waals surface area contributed by atoms with Gasteiger partial charge in [-0.2, -0.15) is 0 Å². The summed E-state index contributed by atoms with van der Waals surface area (Å²) >= 11 is 5.57. The number of anilines is 1. The predicted molar refractivity (Wildman–Crippen MR) is 49.1 cm³/mol. The van der Waals surface area contributed by atoms with Crippen molar-refractivity contribution in [1.29, 1.82) is 0 Å². The van der Waals surface area contributed by atoms with Crippen molar-refractivity contribution in [2.45, 2.75) is 0 Å². The zero-order valence-corrected chi connectivity index (χ0v) is 8.09. The standard InChI is InChI=1S/C6H7ClN2O3S/c7-5-2-1-3-6(9-5)8-4-12-13(10)11/h1-3,13H,4H2,(H,8,9). The van der Waals surface area contributed by atoms with Crippen LogP contribution in [0.2, 0.25) is 5.15 Å². The van der Waals surface area contributed by atoms with Gasteiger partial charge in [0, 0.05) is 0 Å². The summed E-state index contributed by atoms with van der Waals surface area (Å²) in [5, 5.41) is 2.95. The number of rotatable bonds is 4. The van der Waals surface area contributed by atoms with Crippen LogP contribution in [-0.4, -0.2) is 20.1 Å². The van der Waals surface area contributed by atoms with E-state index >= 15 is 0 Å². The molecule has 0 unspecified atom stereocenters. The van der Waals surface area contributed by atoms with E-state index in [9.17, 15) is 8.42 Å². The summed E-state index contributed by atoms with van der Waals surface area (Å²) in [6.07, 6.45) is 0.